The Labute approximate surface area is 165 Å². The third kappa shape index (κ3) is 5.97. The first-order valence-electron chi connectivity index (χ1n) is 9.80. The van der Waals surface area contributed by atoms with Gasteiger partial charge in [-0.05, 0) is 56.0 Å². The molecule has 28 heavy (non-hydrogen) atoms. The third-order valence-electron chi connectivity index (χ3n) is 4.64. The lowest BCUT2D eigenvalue weighted by Gasteiger charge is -2.26. The highest BCUT2D eigenvalue weighted by Crippen LogP contribution is 2.16. The molecule has 1 aromatic heterocycles. The van der Waals surface area contributed by atoms with Gasteiger partial charge in [-0.2, -0.15) is 0 Å². The monoisotopic (exact) mass is 381 g/mol. The first kappa shape index (κ1) is 19.7. The summed E-state index contributed by atoms with van der Waals surface area (Å²) in [7, 11) is 0. The van der Waals surface area contributed by atoms with E-state index in [1.54, 1.807) is 36.7 Å². The zero-order valence-electron chi connectivity index (χ0n) is 16.0. The van der Waals surface area contributed by atoms with Crippen LogP contribution in [0.5, 0.6) is 0 Å². The molecule has 1 aliphatic rings. The van der Waals surface area contributed by atoms with E-state index in [0.717, 1.165) is 44.6 Å². The van der Waals surface area contributed by atoms with E-state index in [-0.39, 0.29) is 11.9 Å². The lowest BCUT2D eigenvalue weighted by molar-refractivity contribution is 0.0724. The van der Waals surface area contributed by atoms with Crippen molar-refractivity contribution in [3.05, 3.63) is 54.4 Å². The maximum atomic E-state index is 12.6. The summed E-state index contributed by atoms with van der Waals surface area (Å²) in [5.74, 6) is 0.0326. The molecule has 148 valence electrons. The molecule has 7 nitrogen and oxygen atoms in total. The molecule has 3 rings (SSSR count). The van der Waals surface area contributed by atoms with Crippen molar-refractivity contribution in [2.24, 2.45) is 0 Å². The molecule has 7 heteroatoms. The van der Waals surface area contributed by atoms with Gasteiger partial charge in [0, 0.05) is 49.8 Å². The number of hydrogen-bond donors (Lipinski definition) is 3. The molecule has 1 saturated heterocycles. The highest BCUT2D eigenvalue weighted by atomic mass is 16.2. The van der Waals surface area contributed by atoms with Gasteiger partial charge in [0.1, 0.15) is 0 Å². The first-order valence-corrected chi connectivity index (χ1v) is 9.80. The van der Waals surface area contributed by atoms with E-state index in [1.165, 1.54) is 6.42 Å². The van der Waals surface area contributed by atoms with Crippen molar-refractivity contribution in [1.82, 2.24) is 15.2 Å². The van der Waals surface area contributed by atoms with Gasteiger partial charge < -0.3 is 20.9 Å². The van der Waals surface area contributed by atoms with Crippen molar-refractivity contribution in [3.8, 4) is 0 Å². The number of benzene rings is 1. The minimum Gasteiger partial charge on any atom is -0.384 e. The Balaban J connectivity index is 1.40. The van der Waals surface area contributed by atoms with Crippen molar-refractivity contribution in [2.45, 2.75) is 25.7 Å². The number of aromatic nitrogens is 1. The number of urea groups is 1. The SMILES string of the molecule is O=C(NCCCNc1cccnc1)Nc1cccc(C(=O)N2CCCCC2)c1. The van der Waals surface area contributed by atoms with E-state index in [4.69, 9.17) is 0 Å². The molecular weight excluding hydrogens is 354 g/mol. The number of piperidine rings is 1. The van der Waals surface area contributed by atoms with E-state index in [2.05, 4.69) is 20.9 Å². The van der Waals surface area contributed by atoms with Gasteiger partial charge in [-0.15, -0.1) is 0 Å². The second kappa shape index (κ2) is 10.3. The van der Waals surface area contributed by atoms with Crippen molar-refractivity contribution >= 4 is 23.3 Å². The highest BCUT2D eigenvalue weighted by molar-refractivity contribution is 5.97. The summed E-state index contributed by atoms with van der Waals surface area (Å²) in [6.07, 6.45) is 7.58. The molecule has 2 heterocycles. The zero-order chi connectivity index (χ0) is 19.6. The molecule has 1 fully saturated rings. The number of carbonyl (C=O) groups is 2. The summed E-state index contributed by atoms with van der Waals surface area (Å²) in [5, 5.41) is 8.87. The van der Waals surface area contributed by atoms with Gasteiger partial charge in [0.15, 0.2) is 0 Å². The van der Waals surface area contributed by atoms with E-state index >= 15 is 0 Å². The van der Waals surface area contributed by atoms with Crippen LogP contribution in [0.25, 0.3) is 0 Å². The molecule has 3 amide bonds. The summed E-state index contributed by atoms with van der Waals surface area (Å²) in [6.45, 7) is 2.91. The minimum atomic E-state index is -0.274. The maximum absolute atomic E-state index is 12.6. The second-order valence-corrected chi connectivity index (χ2v) is 6.84. The molecular formula is C21H27N5O2. The highest BCUT2D eigenvalue weighted by Gasteiger charge is 2.18. The average Bonchev–Trinajstić information content (AvgIpc) is 2.74. The molecule has 0 bridgehead atoms. The van der Waals surface area contributed by atoms with Crippen LogP contribution in [0, 0.1) is 0 Å². The lowest BCUT2D eigenvalue weighted by Crippen LogP contribution is -2.35. The fourth-order valence-electron chi connectivity index (χ4n) is 3.18. The number of pyridine rings is 1. The standard InChI is InChI=1S/C21H27N5O2/c27-20(26-13-2-1-3-14-26)17-7-4-8-18(15-17)25-21(28)24-12-6-11-23-19-9-5-10-22-16-19/h4-5,7-10,15-16,23H,1-3,6,11-14H2,(H2,24,25,28). The Kier molecular flexibility index (Phi) is 7.23. The van der Waals surface area contributed by atoms with E-state index in [0.29, 0.717) is 17.8 Å². The third-order valence-corrected chi connectivity index (χ3v) is 4.64. The fraction of sp³-hybridized carbons (Fsp3) is 0.381. The molecule has 2 aromatic rings. The van der Waals surface area contributed by atoms with Gasteiger partial charge in [0.25, 0.3) is 5.91 Å². The number of rotatable bonds is 7. The molecule has 1 aromatic carbocycles. The van der Waals surface area contributed by atoms with Gasteiger partial charge in [-0.25, -0.2) is 4.79 Å². The number of carbonyl (C=O) groups excluding carboxylic acids is 2. The summed E-state index contributed by atoms with van der Waals surface area (Å²) in [6, 6.07) is 10.7. The molecule has 1 aliphatic heterocycles. The topological polar surface area (TPSA) is 86.4 Å². The van der Waals surface area contributed by atoms with Gasteiger partial charge in [-0.3, -0.25) is 9.78 Å². The summed E-state index contributed by atoms with van der Waals surface area (Å²) < 4.78 is 0. The Morgan fingerprint density at radius 1 is 1.00 bits per heavy atom. The van der Waals surface area contributed by atoms with Crippen molar-refractivity contribution in [2.75, 3.05) is 36.8 Å². The number of likely N-dealkylation sites (tertiary alicyclic amines) is 1. The average molecular weight is 381 g/mol. The van der Waals surface area contributed by atoms with Crippen LogP contribution in [0.2, 0.25) is 0 Å². The number of hydrogen-bond acceptors (Lipinski definition) is 4. The molecule has 0 unspecified atom stereocenters. The number of amides is 3. The van der Waals surface area contributed by atoms with Crippen LogP contribution in [0.3, 0.4) is 0 Å². The molecule has 0 radical (unpaired) electrons. The van der Waals surface area contributed by atoms with Gasteiger partial charge in [-0.1, -0.05) is 6.07 Å². The fourth-order valence-corrected chi connectivity index (χ4v) is 3.18. The van der Waals surface area contributed by atoms with Crippen molar-refractivity contribution < 1.29 is 9.59 Å². The van der Waals surface area contributed by atoms with Crippen LogP contribution in [0.4, 0.5) is 16.2 Å². The number of anilines is 2. The second-order valence-electron chi connectivity index (χ2n) is 6.84. The largest absolute Gasteiger partial charge is 0.384 e. The van der Waals surface area contributed by atoms with E-state index in [9.17, 15) is 9.59 Å². The zero-order valence-corrected chi connectivity index (χ0v) is 16.0. The molecule has 0 atom stereocenters. The van der Waals surface area contributed by atoms with Crippen LogP contribution >= 0.6 is 0 Å². The van der Waals surface area contributed by atoms with Gasteiger partial charge in [0.05, 0.1) is 5.69 Å². The number of nitrogens with zero attached hydrogens (tertiary/aromatic N) is 2. The van der Waals surface area contributed by atoms with E-state index < -0.39 is 0 Å². The summed E-state index contributed by atoms with van der Waals surface area (Å²) in [5.41, 5.74) is 2.19. The van der Waals surface area contributed by atoms with Crippen LogP contribution in [0.1, 0.15) is 36.0 Å². The molecule has 3 N–H and O–H groups in total. The van der Waals surface area contributed by atoms with Gasteiger partial charge >= 0.3 is 6.03 Å². The van der Waals surface area contributed by atoms with E-state index in [1.807, 2.05) is 17.0 Å². The van der Waals surface area contributed by atoms with Crippen molar-refractivity contribution in [3.63, 3.8) is 0 Å². The minimum absolute atomic E-state index is 0.0326. The van der Waals surface area contributed by atoms with Crippen LogP contribution in [-0.2, 0) is 0 Å². The predicted molar refractivity (Wildman–Crippen MR) is 111 cm³/mol. The van der Waals surface area contributed by atoms with Gasteiger partial charge in [0.2, 0.25) is 0 Å². The van der Waals surface area contributed by atoms with Crippen LogP contribution < -0.4 is 16.0 Å². The quantitative estimate of drug-likeness (QED) is 0.642. The predicted octanol–water partition coefficient (Wildman–Crippen LogP) is 3.33. The van der Waals surface area contributed by atoms with Crippen molar-refractivity contribution in [1.29, 1.82) is 0 Å². The molecule has 0 aliphatic carbocycles. The Morgan fingerprint density at radius 2 is 1.82 bits per heavy atom. The Hall–Kier alpha value is -3.09. The first-order chi connectivity index (χ1) is 13.7. The number of nitrogens with one attached hydrogen (secondary N) is 3. The Morgan fingerprint density at radius 3 is 2.61 bits per heavy atom. The van der Waals surface area contributed by atoms with Crippen LogP contribution in [0.15, 0.2) is 48.8 Å². The molecule has 0 spiro atoms. The maximum Gasteiger partial charge on any atom is 0.319 e. The van der Waals surface area contributed by atoms with Crippen LogP contribution in [-0.4, -0.2) is 48.0 Å². The normalized spacial score (nSPS) is 13.6. The Bertz CT molecular complexity index is 775. The lowest BCUT2D eigenvalue weighted by atomic mass is 10.1. The smallest absolute Gasteiger partial charge is 0.319 e. The molecule has 0 saturated carbocycles. The summed E-state index contributed by atoms with van der Waals surface area (Å²) in [4.78, 5) is 30.6. The summed E-state index contributed by atoms with van der Waals surface area (Å²) >= 11 is 0.